The molecule has 0 radical (unpaired) electrons. The van der Waals surface area contributed by atoms with E-state index >= 15 is 0 Å². The van der Waals surface area contributed by atoms with Gasteiger partial charge in [0.15, 0.2) is 5.11 Å². The summed E-state index contributed by atoms with van der Waals surface area (Å²) >= 11 is 5.41. The standard InChI is InChI=1S/C20H22N4O2S/c1-14-6-4-5-7-15(14)12-24-13-16(11-21-24)22-20(27)23-18-10-17(25-2)8-9-19(18)26-3/h4-11,13H,12H2,1-3H3,(H2,22,23,27). The Morgan fingerprint density at radius 1 is 1.11 bits per heavy atom. The molecule has 0 spiro atoms. The number of benzene rings is 2. The van der Waals surface area contributed by atoms with Crippen molar-refractivity contribution in [3.8, 4) is 11.5 Å². The van der Waals surface area contributed by atoms with Crippen LogP contribution in [0.1, 0.15) is 11.1 Å². The maximum absolute atomic E-state index is 5.41. The van der Waals surface area contributed by atoms with Crippen molar-refractivity contribution in [1.82, 2.24) is 9.78 Å². The Morgan fingerprint density at radius 2 is 1.93 bits per heavy atom. The Labute approximate surface area is 164 Å². The molecule has 0 amide bonds. The highest BCUT2D eigenvalue weighted by Crippen LogP contribution is 2.29. The van der Waals surface area contributed by atoms with E-state index in [0.29, 0.717) is 23.2 Å². The quantitative estimate of drug-likeness (QED) is 0.627. The Morgan fingerprint density at radius 3 is 2.67 bits per heavy atom. The highest BCUT2D eigenvalue weighted by atomic mass is 32.1. The molecule has 0 saturated heterocycles. The first-order chi connectivity index (χ1) is 13.1. The van der Waals surface area contributed by atoms with Gasteiger partial charge in [0.1, 0.15) is 11.5 Å². The Bertz CT molecular complexity index is 939. The summed E-state index contributed by atoms with van der Waals surface area (Å²) in [5.41, 5.74) is 4.00. The number of hydrogen-bond donors (Lipinski definition) is 2. The zero-order valence-electron chi connectivity index (χ0n) is 15.5. The molecule has 0 saturated carbocycles. The van der Waals surface area contributed by atoms with Gasteiger partial charge in [-0.25, -0.2) is 0 Å². The van der Waals surface area contributed by atoms with Gasteiger partial charge >= 0.3 is 0 Å². The van der Waals surface area contributed by atoms with Crippen molar-refractivity contribution in [3.63, 3.8) is 0 Å². The molecular weight excluding hydrogens is 360 g/mol. The van der Waals surface area contributed by atoms with Gasteiger partial charge in [0.2, 0.25) is 0 Å². The molecule has 1 aromatic heterocycles. The lowest BCUT2D eigenvalue weighted by Crippen LogP contribution is -2.19. The minimum atomic E-state index is 0.442. The fraction of sp³-hybridized carbons (Fsp3) is 0.200. The smallest absolute Gasteiger partial charge is 0.175 e. The first-order valence-corrected chi connectivity index (χ1v) is 8.87. The van der Waals surface area contributed by atoms with Gasteiger partial charge < -0.3 is 20.1 Å². The molecule has 140 valence electrons. The van der Waals surface area contributed by atoms with Crippen molar-refractivity contribution in [3.05, 3.63) is 66.0 Å². The summed E-state index contributed by atoms with van der Waals surface area (Å²) in [7, 11) is 3.23. The largest absolute Gasteiger partial charge is 0.497 e. The number of ether oxygens (including phenoxy) is 2. The molecule has 3 aromatic rings. The molecule has 6 nitrogen and oxygen atoms in total. The summed E-state index contributed by atoms with van der Waals surface area (Å²) in [6.07, 6.45) is 3.66. The summed E-state index contributed by atoms with van der Waals surface area (Å²) < 4.78 is 12.5. The first-order valence-electron chi connectivity index (χ1n) is 8.46. The summed E-state index contributed by atoms with van der Waals surface area (Å²) in [5.74, 6) is 1.39. The van der Waals surface area contributed by atoms with Crippen LogP contribution in [0.3, 0.4) is 0 Å². The van der Waals surface area contributed by atoms with Crippen LogP contribution in [0.25, 0.3) is 0 Å². The highest BCUT2D eigenvalue weighted by molar-refractivity contribution is 7.80. The third kappa shape index (κ3) is 4.77. The van der Waals surface area contributed by atoms with Gasteiger partial charge in [0.05, 0.1) is 38.3 Å². The molecule has 2 N–H and O–H groups in total. The maximum Gasteiger partial charge on any atom is 0.175 e. The molecule has 0 aliphatic heterocycles. The zero-order chi connectivity index (χ0) is 19.2. The van der Waals surface area contributed by atoms with E-state index in [4.69, 9.17) is 21.7 Å². The average Bonchev–Trinajstić information content (AvgIpc) is 3.10. The second-order valence-electron chi connectivity index (χ2n) is 6.00. The molecule has 0 atom stereocenters. The van der Waals surface area contributed by atoms with Crippen LogP contribution in [0, 0.1) is 6.92 Å². The number of hydrogen-bond acceptors (Lipinski definition) is 4. The van der Waals surface area contributed by atoms with Gasteiger partial charge in [-0.3, -0.25) is 4.68 Å². The van der Waals surface area contributed by atoms with Crippen LogP contribution in [0.4, 0.5) is 11.4 Å². The molecule has 0 unspecified atom stereocenters. The topological polar surface area (TPSA) is 60.3 Å². The van der Waals surface area contributed by atoms with Crippen molar-refractivity contribution in [2.45, 2.75) is 13.5 Å². The van der Waals surface area contributed by atoms with Gasteiger partial charge in [-0.2, -0.15) is 5.10 Å². The number of rotatable bonds is 6. The Kier molecular flexibility index (Phi) is 5.93. The van der Waals surface area contributed by atoms with Gasteiger partial charge in [-0.05, 0) is 42.4 Å². The molecule has 3 rings (SSSR count). The number of anilines is 2. The number of nitrogens with zero attached hydrogens (tertiary/aromatic N) is 2. The van der Waals surface area contributed by atoms with Crippen molar-refractivity contribution >= 4 is 28.7 Å². The van der Waals surface area contributed by atoms with Gasteiger partial charge in [-0.15, -0.1) is 0 Å². The van der Waals surface area contributed by atoms with Crippen molar-refractivity contribution in [1.29, 1.82) is 0 Å². The molecular formula is C20H22N4O2S. The van der Waals surface area contributed by atoms with Crippen molar-refractivity contribution < 1.29 is 9.47 Å². The normalized spacial score (nSPS) is 10.3. The predicted octanol–water partition coefficient (Wildman–Crippen LogP) is 4.07. The van der Waals surface area contributed by atoms with E-state index in [1.54, 1.807) is 20.4 Å². The first kappa shape index (κ1) is 18.7. The van der Waals surface area contributed by atoms with Gasteiger partial charge in [-0.1, -0.05) is 24.3 Å². The summed E-state index contributed by atoms with van der Waals surface area (Å²) in [6, 6.07) is 13.7. The summed E-state index contributed by atoms with van der Waals surface area (Å²) in [4.78, 5) is 0. The SMILES string of the molecule is COc1ccc(OC)c(NC(=S)Nc2cnn(Cc3ccccc3C)c2)c1. The molecule has 7 heteroatoms. The van der Waals surface area contributed by atoms with E-state index in [2.05, 4.69) is 34.8 Å². The van der Waals surface area contributed by atoms with E-state index in [0.717, 1.165) is 11.4 Å². The molecule has 0 bridgehead atoms. The zero-order valence-corrected chi connectivity index (χ0v) is 16.3. The summed E-state index contributed by atoms with van der Waals surface area (Å²) in [5, 5.41) is 11.1. The number of nitrogens with one attached hydrogen (secondary N) is 2. The van der Waals surface area contributed by atoms with Crippen molar-refractivity contribution in [2.24, 2.45) is 0 Å². The lowest BCUT2D eigenvalue weighted by Gasteiger charge is -2.13. The predicted molar refractivity (Wildman–Crippen MR) is 112 cm³/mol. The molecule has 27 heavy (non-hydrogen) atoms. The van der Waals surface area contributed by atoms with Crippen LogP contribution in [0.5, 0.6) is 11.5 Å². The van der Waals surface area contributed by atoms with Crippen LogP contribution in [-0.4, -0.2) is 29.1 Å². The highest BCUT2D eigenvalue weighted by Gasteiger charge is 2.08. The number of methoxy groups -OCH3 is 2. The molecule has 2 aromatic carbocycles. The fourth-order valence-corrected chi connectivity index (χ4v) is 2.90. The Balaban J connectivity index is 1.65. The third-order valence-corrected chi connectivity index (χ3v) is 4.34. The molecule has 0 fully saturated rings. The number of aromatic nitrogens is 2. The lowest BCUT2D eigenvalue weighted by atomic mass is 10.1. The lowest BCUT2D eigenvalue weighted by molar-refractivity contribution is 0.405. The van der Waals surface area contributed by atoms with Crippen LogP contribution >= 0.6 is 12.2 Å². The minimum Gasteiger partial charge on any atom is -0.497 e. The van der Waals surface area contributed by atoms with Crippen molar-refractivity contribution in [2.75, 3.05) is 24.9 Å². The third-order valence-electron chi connectivity index (χ3n) is 4.14. The van der Waals surface area contributed by atoms with Crippen LogP contribution in [0.15, 0.2) is 54.9 Å². The van der Waals surface area contributed by atoms with Crippen LogP contribution in [-0.2, 0) is 6.54 Å². The summed E-state index contributed by atoms with van der Waals surface area (Å²) in [6.45, 7) is 2.80. The maximum atomic E-state index is 5.41. The van der Waals surface area contributed by atoms with E-state index in [9.17, 15) is 0 Å². The molecule has 0 aliphatic carbocycles. The monoisotopic (exact) mass is 382 g/mol. The Hall–Kier alpha value is -3.06. The van der Waals surface area contributed by atoms with Gasteiger partial charge in [0.25, 0.3) is 0 Å². The fourth-order valence-electron chi connectivity index (χ4n) is 2.67. The number of aryl methyl sites for hydroxylation is 1. The van der Waals surface area contributed by atoms with E-state index in [1.807, 2.05) is 41.2 Å². The average molecular weight is 382 g/mol. The van der Waals surface area contributed by atoms with E-state index in [1.165, 1.54) is 11.1 Å². The second-order valence-corrected chi connectivity index (χ2v) is 6.41. The van der Waals surface area contributed by atoms with Crippen LogP contribution in [0.2, 0.25) is 0 Å². The minimum absolute atomic E-state index is 0.442. The number of thiocarbonyl (C=S) groups is 1. The molecule has 0 aliphatic rings. The van der Waals surface area contributed by atoms with Crippen LogP contribution < -0.4 is 20.1 Å². The van der Waals surface area contributed by atoms with Gasteiger partial charge in [0, 0.05) is 12.3 Å². The second kappa shape index (κ2) is 8.55. The van der Waals surface area contributed by atoms with E-state index in [-0.39, 0.29) is 0 Å². The van der Waals surface area contributed by atoms with E-state index < -0.39 is 0 Å². The molecule has 1 heterocycles.